The van der Waals surface area contributed by atoms with Crippen LogP contribution in [0.25, 0.3) is 6.08 Å². The highest BCUT2D eigenvalue weighted by molar-refractivity contribution is 8.00. The number of rotatable bonds is 5. The molecule has 208 valence electrons. The highest BCUT2D eigenvalue weighted by Crippen LogP contribution is 2.44. The Balaban J connectivity index is 1.52. The Morgan fingerprint density at radius 3 is 2.29 bits per heavy atom. The first-order valence-electron chi connectivity index (χ1n) is 13.2. The predicted octanol–water partition coefficient (Wildman–Crippen LogP) is 5.96. The molecule has 8 nitrogen and oxygen atoms in total. The van der Waals surface area contributed by atoms with Crippen LogP contribution in [0.3, 0.4) is 0 Å². The summed E-state index contributed by atoms with van der Waals surface area (Å²) in [5.41, 5.74) is -0.243. The standard InChI is InChI=1S/C28H40BNO7S/c1-17(19-15-30(16-19)24(32)35-25(2,3)4)38-20-12-11-18(22-21(20)23(31)34-28(9,10)33-22)13-14-29-36-26(5,6)27(7,8)37-29/h11-14,17,19H,15-16H2,1-10H3/b14-13+. The molecule has 1 atom stereocenters. The maximum absolute atomic E-state index is 13.2. The molecule has 38 heavy (non-hydrogen) atoms. The summed E-state index contributed by atoms with van der Waals surface area (Å²) in [6.07, 6.45) is 1.58. The summed E-state index contributed by atoms with van der Waals surface area (Å²) in [6, 6.07) is 3.87. The van der Waals surface area contributed by atoms with Crippen LogP contribution in [0.2, 0.25) is 0 Å². The summed E-state index contributed by atoms with van der Waals surface area (Å²) >= 11 is 1.59. The van der Waals surface area contributed by atoms with Crippen LogP contribution in [0, 0.1) is 5.92 Å². The van der Waals surface area contributed by atoms with Crippen molar-refractivity contribution in [2.24, 2.45) is 5.92 Å². The average Bonchev–Trinajstić information content (AvgIpc) is 2.89. The number of carbonyl (C=O) groups excluding carboxylic acids is 2. The summed E-state index contributed by atoms with van der Waals surface area (Å²) < 4.78 is 29.4. The predicted molar refractivity (Wildman–Crippen MR) is 148 cm³/mol. The molecule has 0 aromatic heterocycles. The van der Waals surface area contributed by atoms with E-state index in [4.69, 9.17) is 23.5 Å². The minimum Gasteiger partial charge on any atom is -0.451 e. The average molecular weight is 546 g/mol. The van der Waals surface area contributed by atoms with Crippen LogP contribution in [-0.2, 0) is 18.8 Å². The van der Waals surface area contributed by atoms with E-state index in [-0.39, 0.29) is 17.3 Å². The lowest BCUT2D eigenvalue weighted by Gasteiger charge is -2.42. The van der Waals surface area contributed by atoms with Crippen LogP contribution in [-0.4, -0.2) is 65.0 Å². The molecule has 0 bridgehead atoms. The maximum atomic E-state index is 13.2. The first kappa shape index (κ1) is 28.8. The van der Waals surface area contributed by atoms with Gasteiger partial charge in [0.25, 0.3) is 0 Å². The number of carbonyl (C=O) groups is 2. The van der Waals surface area contributed by atoms with Gasteiger partial charge in [-0.3, -0.25) is 0 Å². The van der Waals surface area contributed by atoms with Crippen molar-refractivity contribution in [3.63, 3.8) is 0 Å². The van der Waals surface area contributed by atoms with E-state index in [0.29, 0.717) is 24.4 Å². The van der Waals surface area contributed by atoms with Crippen LogP contribution < -0.4 is 4.74 Å². The van der Waals surface area contributed by atoms with Crippen molar-refractivity contribution in [1.29, 1.82) is 0 Å². The number of hydrogen-bond acceptors (Lipinski definition) is 8. The van der Waals surface area contributed by atoms with E-state index in [1.807, 2.05) is 72.7 Å². The molecule has 2 saturated heterocycles. The van der Waals surface area contributed by atoms with Gasteiger partial charge >= 0.3 is 19.2 Å². The van der Waals surface area contributed by atoms with Crippen molar-refractivity contribution in [3.8, 4) is 5.75 Å². The molecule has 0 saturated carbocycles. The lowest BCUT2D eigenvalue weighted by Crippen LogP contribution is -2.54. The third-order valence-electron chi connectivity index (χ3n) is 7.28. The number of cyclic esters (lactones) is 1. The zero-order valence-electron chi connectivity index (χ0n) is 24.2. The molecule has 1 amide bonds. The van der Waals surface area contributed by atoms with E-state index < -0.39 is 35.7 Å². The van der Waals surface area contributed by atoms with Crippen LogP contribution >= 0.6 is 11.8 Å². The van der Waals surface area contributed by atoms with E-state index in [2.05, 4.69) is 6.92 Å². The van der Waals surface area contributed by atoms with Gasteiger partial charge in [-0.15, -0.1) is 11.8 Å². The molecule has 3 aliphatic rings. The second kappa shape index (κ2) is 9.79. The van der Waals surface area contributed by atoms with E-state index in [1.165, 1.54) is 0 Å². The molecular formula is C28H40BNO7S. The fraction of sp³-hybridized carbons (Fsp3) is 0.643. The molecule has 3 heterocycles. The van der Waals surface area contributed by atoms with Crippen LogP contribution in [0.15, 0.2) is 23.0 Å². The number of esters is 1. The number of fused-ring (bicyclic) bond motifs is 1. The molecule has 1 aromatic rings. The number of ether oxygens (including phenoxy) is 3. The van der Waals surface area contributed by atoms with Gasteiger partial charge in [0.15, 0.2) is 0 Å². The van der Waals surface area contributed by atoms with Crippen LogP contribution in [0.1, 0.15) is 85.2 Å². The van der Waals surface area contributed by atoms with Gasteiger partial charge in [0, 0.05) is 48.6 Å². The number of amides is 1. The van der Waals surface area contributed by atoms with E-state index >= 15 is 0 Å². The van der Waals surface area contributed by atoms with Crippen molar-refractivity contribution < 1.29 is 33.1 Å². The fourth-order valence-electron chi connectivity index (χ4n) is 4.39. The molecule has 1 unspecified atom stereocenters. The van der Waals surface area contributed by atoms with Crippen LogP contribution in [0.4, 0.5) is 4.79 Å². The quantitative estimate of drug-likeness (QED) is 0.255. The van der Waals surface area contributed by atoms with Gasteiger partial charge < -0.3 is 28.4 Å². The molecular weight excluding hydrogens is 505 g/mol. The molecule has 4 rings (SSSR count). The first-order chi connectivity index (χ1) is 17.4. The zero-order chi connectivity index (χ0) is 28.3. The number of hydrogen-bond donors (Lipinski definition) is 0. The monoisotopic (exact) mass is 545 g/mol. The maximum Gasteiger partial charge on any atom is 0.487 e. The fourth-order valence-corrected chi connectivity index (χ4v) is 5.59. The lowest BCUT2D eigenvalue weighted by atomic mass is 9.88. The summed E-state index contributed by atoms with van der Waals surface area (Å²) in [4.78, 5) is 28.0. The summed E-state index contributed by atoms with van der Waals surface area (Å²) in [5.74, 6) is 1.11. The van der Waals surface area contributed by atoms with E-state index in [1.54, 1.807) is 30.5 Å². The van der Waals surface area contributed by atoms with Crippen molar-refractivity contribution >= 4 is 37.0 Å². The highest BCUT2D eigenvalue weighted by atomic mass is 32.2. The number of likely N-dealkylation sites (tertiary alicyclic amines) is 1. The van der Waals surface area contributed by atoms with Crippen LogP contribution in [0.5, 0.6) is 5.75 Å². The number of benzene rings is 1. The SMILES string of the molecule is CC(Sc1ccc(/C=C/B2OC(C)(C)C(C)(C)O2)c2c1C(=O)OC(C)(C)O2)C1CN(C(=O)OC(C)(C)C)C1. The normalized spacial score (nSPS) is 22.9. The molecule has 0 spiro atoms. The van der Waals surface area contributed by atoms with Gasteiger partial charge in [0.1, 0.15) is 16.9 Å². The molecule has 0 radical (unpaired) electrons. The summed E-state index contributed by atoms with van der Waals surface area (Å²) in [6.45, 7) is 20.4. The molecule has 10 heteroatoms. The van der Waals surface area contributed by atoms with Crippen molar-refractivity contribution in [2.75, 3.05) is 13.1 Å². The third kappa shape index (κ3) is 6.02. The van der Waals surface area contributed by atoms with Gasteiger partial charge in [0.2, 0.25) is 5.79 Å². The summed E-state index contributed by atoms with van der Waals surface area (Å²) in [5, 5.41) is 0.159. The smallest absolute Gasteiger partial charge is 0.451 e. The molecule has 0 aliphatic carbocycles. The number of nitrogens with zero attached hydrogens (tertiary/aromatic N) is 1. The van der Waals surface area contributed by atoms with Gasteiger partial charge in [-0.05, 0) is 54.5 Å². The Hall–Kier alpha value is -2.17. The minimum absolute atomic E-state index is 0.159. The van der Waals surface area contributed by atoms with Crippen molar-refractivity contribution in [1.82, 2.24) is 4.90 Å². The topological polar surface area (TPSA) is 83.5 Å². The molecule has 0 N–H and O–H groups in total. The first-order valence-corrected chi connectivity index (χ1v) is 14.0. The second-order valence-corrected chi connectivity index (χ2v) is 14.1. The Morgan fingerprint density at radius 2 is 1.71 bits per heavy atom. The van der Waals surface area contributed by atoms with E-state index in [9.17, 15) is 9.59 Å². The van der Waals surface area contributed by atoms with Gasteiger partial charge in [0.05, 0.1) is 11.2 Å². The van der Waals surface area contributed by atoms with E-state index in [0.717, 1.165) is 10.5 Å². The largest absolute Gasteiger partial charge is 0.487 e. The second-order valence-electron chi connectivity index (χ2n) is 12.7. The van der Waals surface area contributed by atoms with Crippen molar-refractivity contribution in [2.45, 2.75) is 102 Å². The molecule has 1 aromatic carbocycles. The Morgan fingerprint density at radius 1 is 1.11 bits per heavy atom. The van der Waals surface area contributed by atoms with Crippen molar-refractivity contribution in [3.05, 3.63) is 29.2 Å². The number of thioether (sulfide) groups is 1. The third-order valence-corrected chi connectivity index (χ3v) is 8.63. The Kier molecular flexibility index (Phi) is 7.43. The van der Waals surface area contributed by atoms with Gasteiger partial charge in [-0.25, -0.2) is 9.59 Å². The zero-order valence-corrected chi connectivity index (χ0v) is 25.0. The highest BCUT2D eigenvalue weighted by Gasteiger charge is 2.50. The Labute approximate surface area is 230 Å². The van der Waals surface area contributed by atoms with Gasteiger partial charge in [-0.2, -0.15) is 0 Å². The lowest BCUT2D eigenvalue weighted by molar-refractivity contribution is -0.128. The molecule has 3 aliphatic heterocycles. The van der Waals surface area contributed by atoms with Gasteiger partial charge in [-0.1, -0.05) is 25.0 Å². The minimum atomic E-state index is -1.09. The Bertz CT molecular complexity index is 1120. The molecule has 2 fully saturated rings. The summed E-state index contributed by atoms with van der Waals surface area (Å²) in [7, 11) is -0.514.